The molecule has 0 atom stereocenters. The molecule has 0 aromatic heterocycles. The van der Waals surface area contributed by atoms with Gasteiger partial charge in [-0.15, -0.1) is 0 Å². The highest BCUT2D eigenvalue weighted by molar-refractivity contribution is 5.85. The Bertz CT molecular complexity index is 206. The predicted octanol–water partition coefficient (Wildman–Crippen LogP) is 1.72. The normalized spacial score (nSPS) is 20.6. The molecule has 0 radical (unpaired) electrons. The number of rotatable bonds is 2. The van der Waals surface area contributed by atoms with Gasteiger partial charge in [-0.2, -0.15) is 0 Å². The number of amides is 1. The number of carbonyl (C=O) groups excluding carboxylic acids is 1. The lowest BCUT2D eigenvalue weighted by molar-refractivity contribution is -0.162. The van der Waals surface area contributed by atoms with Gasteiger partial charge in [-0.25, -0.2) is 9.87 Å². The molecule has 0 unspecified atom stereocenters. The van der Waals surface area contributed by atoms with E-state index in [-0.39, 0.29) is 0 Å². The summed E-state index contributed by atoms with van der Waals surface area (Å²) in [7, 11) is 0. The maximum Gasteiger partial charge on any atom is 0.281 e. The van der Waals surface area contributed by atoms with Gasteiger partial charge in [0.1, 0.15) is 0 Å². The quantitative estimate of drug-likeness (QED) is 0.672. The van der Waals surface area contributed by atoms with E-state index in [2.05, 4.69) is 5.48 Å². The molecule has 1 rings (SSSR count). The van der Waals surface area contributed by atoms with Crippen molar-refractivity contribution in [3.63, 3.8) is 0 Å². The molecule has 1 fully saturated rings. The van der Waals surface area contributed by atoms with Crippen molar-refractivity contribution < 1.29 is 14.0 Å². The SMILES string of the molecule is CC(C)(C)ONC(=O)C1(F)CCC1. The molecule has 4 heteroatoms. The molecule has 0 saturated heterocycles. The van der Waals surface area contributed by atoms with Gasteiger partial charge in [0, 0.05) is 0 Å². The second-order valence-electron chi connectivity index (χ2n) is 4.46. The van der Waals surface area contributed by atoms with Gasteiger partial charge in [0.25, 0.3) is 5.91 Å². The van der Waals surface area contributed by atoms with Gasteiger partial charge in [0.05, 0.1) is 5.60 Å². The minimum absolute atomic E-state index is 0.312. The Hall–Kier alpha value is -0.640. The van der Waals surface area contributed by atoms with E-state index in [4.69, 9.17) is 4.84 Å². The molecular formula is C9H16FNO2. The maximum atomic E-state index is 13.4. The molecule has 0 aromatic rings. The van der Waals surface area contributed by atoms with Crippen LogP contribution in [0.1, 0.15) is 40.0 Å². The smallest absolute Gasteiger partial charge is 0.269 e. The van der Waals surface area contributed by atoms with Crippen molar-refractivity contribution in [2.24, 2.45) is 0 Å². The zero-order valence-corrected chi connectivity index (χ0v) is 8.32. The van der Waals surface area contributed by atoms with E-state index < -0.39 is 17.2 Å². The molecule has 1 aliphatic rings. The van der Waals surface area contributed by atoms with E-state index in [0.29, 0.717) is 12.8 Å². The topological polar surface area (TPSA) is 38.3 Å². The van der Waals surface area contributed by atoms with Crippen LogP contribution in [0.15, 0.2) is 0 Å². The summed E-state index contributed by atoms with van der Waals surface area (Å²) < 4.78 is 13.4. The Labute approximate surface area is 77.6 Å². The number of hydrogen-bond donors (Lipinski definition) is 1. The number of halogens is 1. The molecule has 0 aliphatic heterocycles. The Kier molecular flexibility index (Phi) is 2.61. The van der Waals surface area contributed by atoms with E-state index >= 15 is 0 Å². The Balaban J connectivity index is 2.34. The van der Waals surface area contributed by atoms with Crippen LogP contribution in [0.5, 0.6) is 0 Å². The van der Waals surface area contributed by atoms with Crippen LogP contribution in [0, 0.1) is 0 Å². The second-order valence-corrected chi connectivity index (χ2v) is 4.46. The number of nitrogens with one attached hydrogen (secondary N) is 1. The summed E-state index contributed by atoms with van der Waals surface area (Å²) in [6, 6.07) is 0. The van der Waals surface area contributed by atoms with E-state index in [1.807, 2.05) is 0 Å². The summed E-state index contributed by atoms with van der Waals surface area (Å²) in [5, 5.41) is 0. The molecule has 0 aromatic carbocycles. The minimum atomic E-state index is -1.68. The van der Waals surface area contributed by atoms with Gasteiger partial charge in [0.2, 0.25) is 0 Å². The summed E-state index contributed by atoms with van der Waals surface area (Å²) in [5.41, 5.74) is -0.000658. The predicted molar refractivity (Wildman–Crippen MR) is 46.7 cm³/mol. The molecule has 1 saturated carbocycles. The third kappa shape index (κ3) is 2.66. The van der Waals surface area contributed by atoms with Crippen LogP contribution >= 0.6 is 0 Å². The van der Waals surface area contributed by atoms with Crippen molar-refractivity contribution in [2.75, 3.05) is 0 Å². The average Bonchev–Trinajstić information content (AvgIpc) is 1.94. The summed E-state index contributed by atoms with van der Waals surface area (Å²) in [5.74, 6) is -0.645. The standard InChI is InChI=1S/C9H16FNO2/c1-8(2,3)13-11-7(12)9(10)5-4-6-9/h4-6H2,1-3H3,(H,11,12). The molecule has 1 N–H and O–H groups in total. The van der Waals surface area contributed by atoms with E-state index in [1.54, 1.807) is 20.8 Å². The highest BCUT2D eigenvalue weighted by Gasteiger charge is 2.45. The summed E-state index contributed by atoms with van der Waals surface area (Å²) in [4.78, 5) is 16.2. The van der Waals surface area contributed by atoms with Crippen molar-refractivity contribution in [1.82, 2.24) is 5.48 Å². The molecule has 0 bridgehead atoms. The lowest BCUT2D eigenvalue weighted by atomic mass is 9.81. The van der Waals surface area contributed by atoms with Crippen LogP contribution in [0.2, 0.25) is 0 Å². The molecule has 76 valence electrons. The molecular weight excluding hydrogens is 173 g/mol. The van der Waals surface area contributed by atoms with Gasteiger partial charge in [0.15, 0.2) is 5.67 Å². The first-order valence-corrected chi connectivity index (χ1v) is 4.51. The summed E-state index contributed by atoms with van der Waals surface area (Å²) >= 11 is 0. The van der Waals surface area contributed by atoms with Crippen LogP contribution < -0.4 is 5.48 Å². The van der Waals surface area contributed by atoms with Crippen LogP contribution in [0.4, 0.5) is 4.39 Å². The van der Waals surface area contributed by atoms with Crippen LogP contribution in [0.25, 0.3) is 0 Å². The lowest BCUT2D eigenvalue weighted by Gasteiger charge is -2.32. The third-order valence-corrected chi connectivity index (χ3v) is 2.00. The Morgan fingerprint density at radius 3 is 2.31 bits per heavy atom. The van der Waals surface area contributed by atoms with Crippen LogP contribution in [0.3, 0.4) is 0 Å². The van der Waals surface area contributed by atoms with Crippen LogP contribution in [-0.4, -0.2) is 17.2 Å². The first-order valence-electron chi connectivity index (χ1n) is 4.51. The molecule has 0 spiro atoms. The highest BCUT2D eigenvalue weighted by atomic mass is 19.1. The van der Waals surface area contributed by atoms with Crippen molar-refractivity contribution in [3.8, 4) is 0 Å². The van der Waals surface area contributed by atoms with Crippen molar-refractivity contribution in [1.29, 1.82) is 0 Å². The lowest BCUT2D eigenvalue weighted by Crippen LogP contribution is -2.49. The van der Waals surface area contributed by atoms with Crippen LogP contribution in [-0.2, 0) is 9.63 Å². The fraction of sp³-hybridized carbons (Fsp3) is 0.889. The van der Waals surface area contributed by atoms with Crippen molar-refractivity contribution >= 4 is 5.91 Å². The fourth-order valence-electron chi connectivity index (χ4n) is 1.01. The summed E-state index contributed by atoms with van der Waals surface area (Å²) in [6.45, 7) is 5.37. The van der Waals surface area contributed by atoms with Gasteiger partial charge in [-0.05, 0) is 40.0 Å². The molecule has 13 heavy (non-hydrogen) atoms. The zero-order valence-electron chi connectivity index (χ0n) is 8.32. The number of hydrogen-bond acceptors (Lipinski definition) is 2. The van der Waals surface area contributed by atoms with Gasteiger partial charge < -0.3 is 0 Å². The number of alkyl halides is 1. The number of carbonyl (C=O) groups is 1. The maximum absolute atomic E-state index is 13.4. The van der Waals surface area contributed by atoms with Crippen molar-refractivity contribution in [3.05, 3.63) is 0 Å². The van der Waals surface area contributed by atoms with E-state index in [0.717, 1.165) is 6.42 Å². The fourth-order valence-corrected chi connectivity index (χ4v) is 1.01. The zero-order chi connectivity index (χ0) is 10.1. The van der Waals surface area contributed by atoms with Gasteiger partial charge >= 0.3 is 0 Å². The molecule has 1 amide bonds. The first kappa shape index (κ1) is 10.4. The van der Waals surface area contributed by atoms with E-state index in [9.17, 15) is 9.18 Å². The number of hydroxylamine groups is 1. The largest absolute Gasteiger partial charge is 0.281 e. The van der Waals surface area contributed by atoms with E-state index in [1.165, 1.54) is 0 Å². The Morgan fingerprint density at radius 2 is 2.00 bits per heavy atom. The second kappa shape index (κ2) is 3.25. The average molecular weight is 189 g/mol. The minimum Gasteiger partial charge on any atom is -0.269 e. The first-order chi connectivity index (χ1) is 5.83. The van der Waals surface area contributed by atoms with Crippen molar-refractivity contribution in [2.45, 2.75) is 51.3 Å². The Morgan fingerprint density at radius 1 is 1.46 bits per heavy atom. The van der Waals surface area contributed by atoms with Gasteiger partial charge in [-0.1, -0.05) is 0 Å². The monoisotopic (exact) mass is 189 g/mol. The molecule has 0 heterocycles. The van der Waals surface area contributed by atoms with Gasteiger partial charge in [-0.3, -0.25) is 9.63 Å². The third-order valence-electron chi connectivity index (χ3n) is 2.00. The highest BCUT2D eigenvalue weighted by Crippen LogP contribution is 2.35. The molecule has 1 aliphatic carbocycles. The molecule has 3 nitrogen and oxygen atoms in total. The summed E-state index contributed by atoms with van der Waals surface area (Å²) in [6.07, 6.45) is 1.40.